The Morgan fingerprint density at radius 2 is 1.79 bits per heavy atom. The molecule has 4 heteroatoms. The van der Waals surface area contributed by atoms with Crippen molar-refractivity contribution in [2.75, 3.05) is 0 Å². The van der Waals surface area contributed by atoms with Crippen LogP contribution in [0.25, 0.3) is 0 Å². The van der Waals surface area contributed by atoms with E-state index >= 15 is 0 Å². The highest BCUT2D eigenvalue weighted by Gasteiger charge is 2.33. The number of hydrogen-bond acceptors (Lipinski definition) is 3. The molecule has 0 aliphatic heterocycles. The second-order valence-corrected chi connectivity index (χ2v) is 7.45. The summed E-state index contributed by atoms with van der Waals surface area (Å²) >= 11 is 0. The maximum atomic E-state index is 12.1. The Hall–Kier alpha value is -0.900. The molecule has 0 aromatic heterocycles. The minimum Gasteiger partial charge on any atom is -0.481 e. The van der Waals surface area contributed by atoms with Crippen LogP contribution >= 0.6 is 0 Å². The van der Waals surface area contributed by atoms with Crippen LogP contribution in [0.1, 0.15) is 96.8 Å². The van der Waals surface area contributed by atoms with E-state index in [1.165, 1.54) is 38.5 Å². The zero-order valence-corrected chi connectivity index (χ0v) is 15.3. The highest BCUT2D eigenvalue weighted by molar-refractivity contribution is 5.83. The first kappa shape index (κ1) is 21.1. The highest BCUT2D eigenvalue weighted by Crippen LogP contribution is 2.36. The average Bonchev–Trinajstić information content (AvgIpc) is 2.88. The first-order valence-corrected chi connectivity index (χ1v) is 9.97. The number of carboxylic acid groups (broad SMARTS) is 1. The van der Waals surface area contributed by atoms with Crippen LogP contribution in [0.2, 0.25) is 0 Å². The molecule has 0 spiro atoms. The number of Topliss-reactive ketones (excluding diaryl/α,β-unsaturated/α-hetero) is 1. The second-order valence-electron chi connectivity index (χ2n) is 7.45. The number of unbranched alkanes of at least 4 members (excludes halogenated alkanes) is 5. The Balaban J connectivity index is 2.20. The van der Waals surface area contributed by atoms with Crippen LogP contribution in [0.4, 0.5) is 0 Å². The largest absolute Gasteiger partial charge is 0.481 e. The third-order valence-corrected chi connectivity index (χ3v) is 5.41. The summed E-state index contributed by atoms with van der Waals surface area (Å²) in [6.07, 6.45) is 12.7. The maximum Gasteiger partial charge on any atom is 0.303 e. The molecule has 1 fully saturated rings. The van der Waals surface area contributed by atoms with E-state index in [4.69, 9.17) is 5.11 Å². The van der Waals surface area contributed by atoms with Crippen LogP contribution in [0.15, 0.2) is 0 Å². The fourth-order valence-corrected chi connectivity index (χ4v) is 3.91. The molecule has 0 radical (unpaired) electrons. The van der Waals surface area contributed by atoms with Crippen molar-refractivity contribution in [2.45, 2.75) is 103 Å². The SMILES string of the molecule is CCCCCCCC[C@H]1CCC(=O)[C@@H]1CCC(O)CCCC(=O)O. The van der Waals surface area contributed by atoms with E-state index in [2.05, 4.69) is 6.92 Å². The van der Waals surface area contributed by atoms with Crippen molar-refractivity contribution in [1.82, 2.24) is 0 Å². The number of carbonyl (C=O) groups excluding carboxylic acids is 1. The molecular formula is C20H36O4. The molecule has 0 saturated heterocycles. The van der Waals surface area contributed by atoms with Gasteiger partial charge in [-0.1, -0.05) is 45.4 Å². The van der Waals surface area contributed by atoms with E-state index in [1.807, 2.05) is 0 Å². The van der Waals surface area contributed by atoms with Gasteiger partial charge in [0.2, 0.25) is 0 Å². The van der Waals surface area contributed by atoms with Crippen LogP contribution in [0, 0.1) is 11.8 Å². The van der Waals surface area contributed by atoms with Crippen molar-refractivity contribution in [3.63, 3.8) is 0 Å². The van der Waals surface area contributed by atoms with Gasteiger partial charge < -0.3 is 10.2 Å². The van der Waals surface area contributed by atoms with Gasteiger partial charge in [-0.15, -0.1) is 0 Å². The fraction of sp³-hybridized carbons (Fsp3) is 0.900. The van der Waals surface area contributed by atoms with Gasteiger partial charge in [0.1, 0.15) is 5.78 Å². The van der Waals surface area contributed by atoms with Crippen molar-refractivity contribution >= 4 is 11.8 Å². The minimum atomic E-state index is -0.813. The Bertz CT molecular complexity index is 367. The summed E-state index contributed by atoms with van der Waals surface area (Å²) in [7, 11) is 0. The van der Waals surface area contributed by atoms with Crippen molar-refractivity contribution in [3.05, 3.63) is 0 Å². The minimum absolute atomic E-state index is 0.111. The Morgan fingerprint density at radius 1 is 1.08 bits per heavy atom. The number of aliphatic hydroxyl groups excluding tert-OH is 1. The fourth-order valence-electron chi connectivity index (χ4n) is 3.91. The van der Waals surface area contributed by atoms with Crippen LogP contribution in [-0.4, -0.2) is 28.1 Å². The quantitative estimate of drug-likeness (QED) is 0.448. The van der Waals surface area contributed by atoms with Gasteiger partial charge in [0.15, 0.2) is 0 Å². The molecule has 1 saturated carbocycles. The van der Waals surface area contributed by atoms with Crippen LogP contribution in [-0.2, 0) is 9.59 Å². The third kappa shape index (κ3) is 8.81. The lowest BCUT2D eigenvalue weighted by molar-refractivity contribution is -0.137. The smallest absolute Gasteiger partial charge is 0.303 e. The summed E-state index contributed by atoms with van der Waals surface area (Å²) < 4.78 is 0. The summed E-state index contributed by atoms with van der Waals surface area (Å²) in [5.41, 5.74) is 0. The van der Waals surface area contributed by atoms with Crippen molar-refractivity contribution in [2.24, 2.45) is 11.8 Å². The van der Waals surface area contributed by atoms with Crippen LogP contribution < -0.4 is 0 Å². The summed E-state index contributed by atoms with van der Waals surface area (Å²) in [6, 6.07) is 0. The predicted molar refractivity (Wildman–Crippen MR) is 95.9 cm³/mol. The molecule has 2 N–H and O–H groups in total. The average molecular weight is 341 g/mol. The van der Waals surface area contributed by atoms with Gasteiger partial charge in [0.25, 0.3) is 0 Å². The van der Waals surface area contributed by atoms with E-state index < -0.39 is 12.1 Å². The van der Waals surface area contributed by atoms with E-state index in [0.717, 1.165) is 19.3 Å². The summed E-state index contributed by atoms with van der Waals surface area (Å²) in [5.74, 6) is 0.209. The van der Waals surface area contributed by atoms with Gasteiger partial charge in [-0.2, -0.15) is 0 Å². The second kappa shape index (κ2) is 12.5. The van der Waals surface area contributed by atoms with Crippen LogP contribution in [0.3, 0.4) is 0 Å². The lowest BCUT2D eigenvalue weighted by Crippen LogP contribution is -2.18. The van der Waals surface area contributed by atoms with E-state index in [1.54, 1.807) is 0 Å². The zero-order valence-electron chi connectivity index (χ0n) is 15.3. The van der Waals surface area contributed by atoms with E-state index in [-0.39, 0.29) is 12.3 Å². The number of rotatable bonds is 14. The molecule has 0 amide bonds. The van der Waals surface area contributed by atoms with Gasteiger partial charge >= 0.3 is 5.97 Å². The number of hydrogen-bond donors (Lipinski definition) is 2. The molecule has 0 heterocycles. The van der Waals surface area contributed by atoms with Crippen molar-refractivity contribution < 1.29 is 19.8 Å². The summed E-state index contributed by atoms with van der Waals surface area (Å²) in [4.78, 5) is 22.6. The number of ketones is 1. The molecule has 1 aliphatic carbocycles. The molecule has 24 heavy (non-hydrogen) atoms. The molecule has 0 bridgehead atoms. The van der Waals surface area contributed by atoms with Gasteiger partial charge in [0, 0.05) is 18.8 Å². The van der Waals surface area contributed by atoms with E-state index in [0.29, 0.717) is 37.4 Å². The van der Waals surface area contributed by atoms with Crippen LogP contribution in [0.5, 0.6) is 0 Å². The number of carboxylic acids is 1. The van der Waals surface area contributed by atoms with Gasteiger partial charge in [-0.3, -0.25) is 9.59 Å². The molecule has 1 aliphatic rings. The molecular weight excluding hydrogens is 304 g/mol. The summed E-state index contributed by atoms with van der Waals surface area (Å²) in [6.45, 7) is 2.23. The Kier molecular flexibility index (Phi) is 11.0. The van der Waals surface area contributed by atoms with E-state index in [9.17, 15) is 14.7 Å². The molecule has 0 aromatic rings. The first-order chi connectivity index (χ1) is 11.5. The third-order valence-electron chi connectivity index (χ3n) is 5.41. The molecule has 1 rings (SSSR count). The lowest BCUT2D eigenvalue weighted by Gasteiger charge is -2.20. The van der Waals surface area contributed by atoms with Crippen molar-refractivity contribution in [1.29, 1.82) is 0 Å². The Labute approximate surface area is 147 Å². The number of aliphatic hydroxyl groups is 1. The topological polar surface area (TPSA) is 74.6 Å². The number of carbonyl (C=O) groups is 2. The number of aliphatic carboxylic acids is 1. The Morgan fingerprint density at radius 3 is 2.50 bits per heavy atom. The molecule has 3 atom stereocenters. The lowest BCUT2D eigenvalue weighted by atomic mass is 9.86. The van der Waals surface area contributed by atoms with Crippen molar-refractivity contribution in [3.8, 4) is 0 Å². The zero-order chi connectivity index (χ0) is 17.8. The molecule has 4 nitrogen and oxygen atoms in total. The summed E-state index contributed by atoms with van der Waals surface area (Å²) in [5, 5.41) is 18.6. The maximum absolute atomic E-state index is 12.1. The normalized spacial score (nSPS) is 22.0. The predicted octanol–water partition coefficient (Wildman–Crippen LogP) is 4.73. The highest BCUT2D eigenvalue weighted by atomic mass is 16.4. The molecule has 1 unspecified atom stereocenters. The standard InChI is InChI=1S/C20H36O4/c1-2-3-4-5-6-7-9-16-12-15-19(22)18(16)14-13-17(21)10-8-11-20(23)24/h16-18,21H,2-15H2,1H3,(H,23,24)/t16-,17?,18+/m0/s1. The monoisotopic (exact) mass is 340 g/mol. The van der Waals surface area contributed by atoms with Gasteiger partial charge in [0.05, 0.1) is 6.10 Å². The first-order valence-electron chi connectivity index (χ1n) is 9.97. The molecule has 140 valence electrons. The van der Waals surface area contributed by atoms with Gasteiger partial charge in [-0.25, -0.2) is 0 Å². The van der Waals surface area contributed by atoms with Gasteiger partial charge in [-0.05, 0) is 44.4 Å². The molecule has 0 aromatic carbocycles.